The Hall–Kier alpha value is -3.40. The maximum Gasteiger partial charge on any atom is 0.253 e. The second-order valence-corrected chi connectivity index (χ2v) is 9.10. The number of nitrogens with zero attached hydrogens (tertiary/aromatic N) is 6. The molecule has 0 amide bonds. The average molecular weight is 474 g/mol. The van der Waals surface area contributed by atoms with Gasteiger partial charge in [-0.15, -0.1) is 5.10 Å². The Labute approximate surface area is 204 Å². The van der Waals surface area contributed by atoms with Gasteiger partial charge in [0.25, 0.3) is 5.56 Å². The molecular formula is C26H31N7O2. The van der Waals surface area contributed by atoms with Gasteiger partial charge in [0.2, 0.25) is 0 Å². The lowest BCUT2D eigenvalue weighted by Crippen LogP contribution is -2.48. The fourth-order valence-electron chi connectivity index (χ4n) is 4.81. The third kappa shape index (κ3) is 5.17. The Morgan fingerprint density at radius 3 is 2.63 bits per heavy atom. The summed E-state index contributed by atoms with van der Waals surface area (Å²) in [6.45, 7) is 7.39. The molecule has 182 valence electrons. The van der Waals surface area contributed by atoms with Crippen LogP contribution in [0.2, 0.25) is 0 Å². The maximum atomic E-state index is 13.3. The zero-order valence-corrected chi connectivity index (χ0v) is 20.2. The van der Waals surface area contributed by atoms with Crippen molar-refractivity contribution in [3.05, 3.63) is 87.5 Å². The number of pyridine rings is 1. The van der Waals surface area contributed by atoms with Gasteiger partial charge in [-0.2, -0.15) is 0 Å². The lowest BCUT2D eigenvalue weighted by Gasteiger charge is -2.38. The molecule has 1 atom stereocenters. The lowest BCUT2D eigenvalue weighted by atomic mass is 10.0. The summed E-state index contributed by atoms with van der Waals surface area (Å²) in [7, 11) is 1.66. The molecule has 0 saturated carbocycles. The van der Waals surface area contributed by atoms with Gasteiger partial charge in [-0.05, 0) is 46.5 Å². The minimum absolute atomic E-state index is 0.112. The van der Waals surface area contributed by atoms with Crippen LogP contribution in [0.25, 0.3) is 10.9 Å². The predicted octanol–water partition coefficient (Wildman–Crippen LogP) is 2.38. The van der Waals surface area contributed by atoms with Gasteiger partial charge < -0.3 is 9.72 Å². The van der Waals surface area contributed by atoms with Crippen LogP contribution in [-0.2, 0) is 17.8 Å². The number of ether oxygens (including phenoxy) is 1. The molecule has 0 radical (unpaired) electrons. The molecule has 0 unspecified atom stereocenters. The van der Waals surface area contributed by atoms with Crippen molar-refractivity contribution < 1.29 is 4.74 Å². The van der Waals surface area contributed by atoms with Crippen molar-refractivity contribution in [1.29, 1.82) is 0 Å². The van der Waals surface area contributed by atoms with E-state index < -0.39 is 0 Å². The third-order valence-corrected chi connectivity index (χ3v) is 6.66. The normalized spacial score (nSPS) is 16.1. The Kier molecular flexibility index (Phi) is 6.98. The van der Waals surface area contributed by atoms with Gasteiger partial charge in [0, 0.05) is 50.9 Å². The van der Waals surface area contributed by atoms with Gasteiger partial charge in [0.15, 0.2) is 5.82 Å². The van der Waals surface area contributed by atoms with Crippen LogP contribution in [0.5, 0.6) is 0 Å². The van der Waals surface area contributed by atoms with E-state index in [0.717, 1.165) is 49.2 Å². The van der Waals surface area contributed by atoms with Gasteiger partial charge in [-0.25, -0.2) is 4.68 Å². The molecule has 0 aliphatic carbocycles. The number of tetrazole rings is 1. The second kappa shape index (κ2) is 10.5. The van der Waals surface area contributed by atoms with Crippen LogP contribution in [0, 0.1) is 6.92 Å². The molecule has 3 heterocycles. The SMILES string of the molecule is COCCn1nnnc1[C@@H](c1cc2cc(C)ccc2[nH]c1=O)N1CCN(Cc2ccccc2)CC1. The number of aromatic amines is 1. The molecule has 1 aliphatic heterocycles. The molecule has 2 aromatic carbocycles. The van der Waals surface area contributed by atoms with E-state index >= 15 is 0 Å². The standard InChI is InChI=1S/C26H31N7O2/c1-19-8-9-23-21(16-19)17-22(26(34)27-23)24(25-28-29-30-33(25)14-15-35-2)32-12-10-31(11-13-32)18-20-6-4-3-5-7-20/h3-9,16-17,24H,10-15,18H2,1-2H3,(H,27,34)/t24-/m1/s1. The largest absolute Gasteiger partial charge is 0.383 e. The van der Waals surface area contributed by atoms with Crippen molar-refractivity contribution in [2.24, 2.45) is 0 Å². The van der Waals surface area contributed by atoms with Crippen molar-refractivity contribution >= 4 is 10.9 Å². The van der Waals surface area contributed by atoms with Crippen LogP contribution in [-0.4, -0.2) is 74.9 Å². The lowest BCUT2D eigenvalue weighted by molar-refractivity contribution is 0.0984. The third-order valence-electron chi connectivity index (χ3n) is 6.66. The monoisotopic (exact) mass is 473 g/mol. The van der Waals surface area contributed by atoms with Crippen molar-refractivity contribution in [1.82, 2.24) is 35.0 Å². The summed E-state index contributed by atoms with van der Waals surface area (Å²) >= 11 is 0. The van der Waals surface area contributed by atoms with E-state index in [1.807, 2.05) is 24.3 Å². The minimum Gasteiger partial charge on any atom is -0.383 e. The fraction of sp³-hybridized carbons (Fsp3) is 0.385. The number of H-pyrrole nitrogens is 1. The van der Waals surface area contributed by atoms with Crippen LogP contribution in [0.15, 0.2) is 59.4 Å². The summed E-state index contributed by atoms with van der Waals surface area (Å²) < 4.78 is 7.02. The number of piperazine rings is 1. The zero-order chi connectivity index (χ0) is 24.2. The van der Waals surface area contributed by atoms with E-state index in [0.29, 0.717) is 24.5 Å². The van der Waals surface area contributed by atoms with Crippen LogP contribution in [0.3, 0.4) is 0 Å². The average Bonchev–Trinajstić information content (AvgIpc) is 3.33. The molecule has 9 heteroatoms. The van der Waals surface area contributed by atoms with Gasteiger partial charge in [-0.3, -0.25) is 14.6 Å². The second-order valence-electron chi connectivity index (χ2n) is 9.10. The zero-order valence-electron chi connectivity index (χ0n) is 20.2. The molecule has 35 heavy (non-hydrogen) atoms. The molecule has 1 N–H and O–H groups in total. The Bertz CT molecular complexity index is 1330. The number of aryl methyl sites for hydroxylation is 1. The number of benzene rings is 2. The van der Waals surface area contributed by atoms with Gasteiger partial charge in [0.1, 0.15) is 6.04 Å². The highest BCUT2D eigenvalue weighted by atomic mass is 16.5. The highest BCUT2D eigenvalue weighted by Gasteiger charge is 2.32. The first-order valence-corrected chi connectivity index (χ1v) is 12.0. The summed E-state index contributed by atoms with van der Waals surface area (Å²) in [5.74, 6) is 0.663. The molecule has 0 spiro atoms. The van der Waals surface area contributed by atoms with E-state index in [-0.39, 0.29) is 11.6 Å². The topological polar surface area (TPSA) is 92.2 Å². The summed E-state index contributed by atoms with van der Waals surface area (Å²) in [5, 5.41) is 13.5. The maximum absolute atomic E-state index is 13.3. The summed E-state index contributed by atoms with van der Waals surface area (Å²) in [6, 6.07) is 18.2. The van der Waals surface area contributed by atoms with Crippen LogP contribution in [0.1, 0.15) is 28.6 Å². The van der Waals surface area contributed by atoms with Crippen molar-refractivity contribution in [3.63, 3.8) is 0 Å². The molecular weight excluding hydrogens is 442 g/mol. The number of nitrogens with one attached hydrogen (secondary N) is 1. The fourth-order valence-corrected chi connectivity index (χ4v) is 4.81. The number of aromatic nitrogens is 5. The first-order chi connectivity index (χ1) is 17.1. The quantitative estimate of drug-likeness (QED) is 0.420. The van der Waals surface area contributed by atoms with E-state index in [1.54, 1.807) is 11.8 Å². The highest BCUT2D eigenvalue weighted by molar-refractivity contribution is 5.79. The van der Waals surface area contributed by atoms with E-state index in [2.05, 4.69) is 67.6 Å². The predicted molar refractivity (Wildman–Crippen MR) is 134 cm³/mol. The van der Waals surface area contributed by atoms with Crippen molar-refractivity contribution in [2.75, 3.05) is 39.9 Å². The minimum atomic E-state index is -0.352. The van der Waals surface area contributed by atoms with E-state index in [4.69, 9.17) is 4.74 Å². The van der Waals surface area contributed by atoms with Crippen molar-refractivity contribution in [2.45, 2.75) is 26.1 Å². The molecule has 5 rings (SSSR count). The molecule has 9 nitrogen and oxygen atoms in total. The molecule has 1 fully saturated rings. The summed E-state index contributed by atoms with van der Waals surface area (Å²) in [5.41, 5.74) is 3.83. The van der Waals surface area contributed by atoms with Crippen LogP contribution < -0.4 is 5.56 Å². The number of rotatable bonds is 8. The van der Waals surface area contributed by atoms with Gasteiger partial charge in [-0.1, -0.05) is 42.0 Å². The summed E-state index contributed by atoms with van der Waals surface area (Å²) in [6.07, 6.45) is 0. The Morgan fingerprint density at radius 1 is 1.06 bits per heavy atom. The molecule has 1 aliphatic rings. The smallest absolute Gasteiger partial charge is 0.253 e. The van der Waals surface area contributed by atoms with Crippen molar-refractivity contribution in [3.8, 4) is 0 Å². The summed E-state index contributed by atoms with van der Waals surface area (Å²) in [4.78, 5) is 21.2. The Balaban J connectivity index is 1.47. The van der Waals surface area contributed by atoms with E-state index in [1.165, 1.54) is 5.56 Å². The van der Waals surface area contributed by atoms with Crippen LogP contribution in [0.4, 0.5) is 0 Å². The molecule has 4 aromatic rings. The molecule has 1 saturated heterocycles. The van der Waals surface area contributed by atoms with Gasteiger partial charge >= 0.3 is 0 Å². The van der Waals surface area contributed by atoms with Crippen LogP contribution >= 0.6 is 0 Å². The number of hydrogen-bond donors (Lipinski definition) is 1. The first-order valence-electron chi connectivity index (χ1n) is 12.0. The number of hydrogen-bond acceptors (Lipinski definition) is 7. The Morgan fingerprint density at radius 2 is 1.86 bits per heavy atom. The highest BCUT2D eigenvalue weighted by Crippen LogP contribution is 2.28. The first kappa shape index (κ1) is 23.3. The molecule has 0 bridgehead atoms. The van der Waals surface area contributed by atoms with Gasteiger partial charge in [0.05, 0.1) is 13.2 Å². The van der Waals surface area contributed by atoms with E-state index in [9.17, 15) is 4.79 Å². The number of fused-ring (bicyclic) bond motifs is 1. The number of methoxy groups -OCH3 is 1. The molecule has 2 aromatic heterocycles.